The van der Waals surface area contributed by atoms with Gasteiger partial charge in [-0.05, 0) is 38.3 Å². The van der Waals surface area contributed by atoms with Crippen molar-refractivity contribution in [3.8, 4) is 6.07 Å². The molecule has 0 bridgehead atoms. The number of rotatable bonds is 3. The van der Waals surface area contributed by atoms with Crippen molar-refractivity contribution in [2.45, 2.75) is 32.7 Å². The second kappa shape index (κ2) is 6.25. The van der Waals surface area contributed by atoms with Gasteiger partial charge in [0, 0.05) is 24.5 Å². The molecule has 0 unspecified atom stereocenters. The SMILES string of the molecule is CC(C)N/C=C(/C#N)C(=O)N1CCCc2ccccc21. The van der Waals surface area contributed by atoms with Crippen LogP contribution in [0.4, 0.5) is 5.69 Å². The summed E-state index contributed by atoms with van der Waals surface area (Å²) < 4.78 is 0. The van der Waals surface area contributed by atoms with Crippen LogP contribution in [0.3, 0.4) is 0 Å². The van der Waals surface area contributed by atoms with Gasteiger partial charge in [-0.1, -0.05) is 18.2 Å². The topological polar surface area (TPSA) is 56.1 Å². The number of fused-ring (bicyclic) bond motifs is 1. The number of hydrogen-bond donors (Lipinski definition) is 1. The Morgan fingerprint density at radius 1 is 1.45 bits per heavy atom. The first-order valence-electron chi connectivity index (χ1n) is 6.89. The number of aryl methyl sites for hydroxylation is 1. The summed E-state index contributed by atoms with van der Waals surface area (Å²) in [4.78, 5) is 14.2. The van der Waals surface area contributed by atoms with Gasteiger partial charge in [-0.25, -0.2) is 0 Å². The standard InChI is InChI=1S/C16H19N3O/c1-12(2)18-11-14(10-17)16(20)19-9-5-7-13-6-3-4-8-15(13)19/h3-4,6,8,11-12,18H,5,7,9H2,1-2H3/b14-11-. The van der Waals surface area contributed by atoms with Gasteiger partial charge < -0.3 is 10.2 Å². The summed E-state index contributed by atoms with van der Waals surface area (Å²) in [6, 6.07) is 10.1. The van der Waals surface area contributed by atoms with E-state index in [9.17, 15) is 10.1 Å². The van der Waals surface area contributed by atoms with Gasteiger partial charge in [0.1, 0.15) is 11.6 Å². The molecule has 0 fully saturated rings. The summed E-state index contributed by atoms with van der Waals surface area (Å²) in [5.41, 5.74) is 2.24. The highest BCUT2D eigenvalue weighted by atomic mass is 16.2. The van der Waals surface area contributed by atoms with Gasteiger partial charge in [0.05, 0.1) is 0 Å². The first-order valence-corrected chi connectivity index (χ1v) is 6.89. The average molecular weight is 269 g/mol. The third kappa shape index (κ3) is 3.00. The van der Waals surface area contributed by atoms with E-state index in [4.69, 9.17) is 0 Å². The van der Waals surface area contributed by atoms with Crippen LogP contribution in [0.1, 0.15) is 25.8 Å². The van der Waals surface area contributed by atoms with Crippen LogP contribution in [0.25, 0.3) is 0 Å². The van der Waals surface area contributed by atoms with Crippen LogP contribution in [0, 0.1) is 11.3 Å². The predicted octanol–water partition coefficient (Wildman–Crippen LogP) is 2.37. The Labute approximate surface area is 119 Å². The minimum absolute atomic E-state index is 0.149. The van der Waals surface area contributed by atoms with Gasteiger partial charge in [0.2, 0.25) is 0 Å². The van der Waals surface area contributed by atoms with Crippen LogP contribution in [0.15, 0.2) is 36.0 Å². The van der Waals surface area contributed by atoms with Crippen molar-refractivity contribution in [2.75, 3.05) is 11.4 Å². The van der Waals surface area contributed by atoms with E-state index in [0.717, 1.165) is 18.5 Å². The summed E-state index contributed by atoms with van der Waals surface area (Å²) in [5.74, 6) is -0.229. The number of carbonyl (C=O) groups is 1. The molecule has 104 valence electrons. The molecule has 4 nitrogen and oxygen atoms in total. The largest absolute Gasteiger partial charge is 0.387 e. The first-order chi connectivity index (χ1) is 9.63. The van der Waals surface area contributed by atoms with Crippen molar-refractivity contribution in [1.29, 1.82) is 5.26 Å². The minimum Gasteiger partial charge on any atom is -0.387 e. The Kier molecular flexibility index (Phi) is 4.41. The Morgan fingerprint density at radius 2 is 2.20 bits per heavy atom. The van der Waals surface area contributed by atoms with E-state index in [-0.39, 0.29) is 17.5 Å². The molecule has 0 aliphatic carbocycles. The lowest BCUT2D eigenvalue weighted by atomic mass is 10.0. The number of nitriles is 1. The van der Waals surface area contributed by atoms with E-state index in [1.54, 1.807) is 4.90 Å². The molecule has 0 saturated carbocycles. The molecule has 1 aliphatic rings. The van der Waals surface area contributed by atoms with Crippen molar-refractivity contribution in [1.82, 2.24) is 5.32 Å². The van der Waals surface area contributed by atoms with Crippen molar-refractivity contribution in [3.63, 3.8) is 0 Å². The fourth-order valence-corrected chi connectivity index (χ4v) is 2.28. The highest BCUT2D eigenvalue weighted by Gasteiger charge is 2.24. The molecule has 1 aliphatic heterocycles. The van der Waals surface area contributed by atoms with Crippen molar-refractivity contribution >= 4 is 11.6 Å². The molecule has 4 heteroatoms. The van der Waals surface area contributed by atoms with Crippen LogP contribution >= 0.6 is 0 Å². The lowest BCUT2D eigenvalue weighted by molar-refractivity contribution is -0.114. The zero-order valence-electron chi connectivity index (χ0n) is 11.9. The molecule has 1 aromatic carbocycles. The Bertz CT molecular complexity index is 569. The zero-order valence-corrected chi connectivity index (χ0v) is 11.9. The monoisotopic (exact) mass is 269 g/mol. The number of carbonyl (C=O) groups excluding carboxylic acids is 1. The van der Waals surface area contributed by atoms with E-state index >= 15 is 0 Å². The predicted molar refractivity (Wildman–Crippen MR) is 79.1 cm³/mol. The third-order valence-corrected chi connectivity index (χ3v) is 3.27. The van der Waals surface area contributed by atoms with Crippen LogP contribution in [0.5, 0.6) is 0 Å². The van der Waals surface area contributed by atoms with Crippen LogP contribution in [-0.2, 0) is 11.2 Å². The summed E-state index contributed by atoms with van der Waals surface area (Å²) in [7, 11) is 0. The number of amides is 1. The lowest BCUT2D eigenvalue weighted by Gasteiger charge is -2.29. The molecule has 1 aromatic rings. The normalized spacial score (nSPS) is 14.7. The molecule has 0 spiro atoms. The number of nitrogens with zero attached hydrogens (tertiary/aromatic N) is 2. The van der Waals surface area contributed by atoms with Crippen LogP contribution in [0.2, 0.25) is 0 Å². The average Bonchev–Trinajstić information content (AvgIpc) is 2.46. The summed E-state index contributed by atoms with van der Waals surface area (Å²) >= 11 is 0. The minimum atomic E-state index is -0.229. The fourth-order valence-electron chi connectivity index (χ4n) is 2.28. The molecule has 20 heavy (non-hydrogen) atoms. The molecular formula is C16H19N3O. The number of anilines is 1. The maximum absolute atomic E-state index is 12.5. The van der Waals surface area contributed by atoms with E-state index in [2.05, 4.69) is 5.32 Å². The van der Waals surface area contributed by atoms with Crippen LogP contribution < -0.4 is 10.2 Å². The summed E-state index contributed by atoms with van der Waals surface area (Å²) in [5, 5.41) is 12.2. The molecule has 0 radical (unpaired) electrons. The molecule has 0 atom stereocenters. The van der Waals surface area contributed by atoms with Gasteiger partial charge in [-0.2, -0.15) is 5.26 Å². The van der Waals surface area contributed by atoms with E-state index in [0.29, 0.717) is 6.54 Å². The molecule has 2 rings (SSSR count). The fraction of sp³-hybridized carbons (Fsp3) is 0.375. The Morgan fingerprint density at radius 3 is 2.90 bits per heavy atom. The smallest absolute Gasteiger partial charge is 0.270 e. The number of benzene rings is 1. The molecule has 1 heterocycles. The van der Waals surface area contributed by atoms with E-state index in [1.165, 1.54) is 11.8 Å². The molecule has 0 saturated heterocycles. The number of nitrogens with one attached hydrogen (secondary N) is 1. The molecular weight excluding hydrogens is 250 g/mol. The second-order valence-corrected chi connectivity index (χ2v) is 5.18. The quantitative estimate of drug-likeness (QED) is 0.677. The second-order valence-electron chi connectivity index (χ2n) is 5.18. The van der Waals surface area contributed by atoms with Gasteiger partial charge >= 0.3 is 0 Å². The van der Waals surface area contributed by atoms with Crippen LogP contribution in [-0.4, -0.2) is 18.5 Å². The maximum Gasteiger partial charge on any atom is 0.270 e. The first kappa shape index (κ1) is 14.1. The zero-order chi connectivity index (χ0) is 14.5. The molecule has 1 N–H and O–H groups in total. The summed E-state index contributed by atoms with van der Waals surface area (Å²) in [6.07, 6.45) is 3.43. The van der Waals surface area contributed by atoms with Gasteiger partial charge in [0.25, 0.3) is 5.91 Å². The van der Waals surface area contributed by atoms with Crippen molar-refractivity contribution in [2.24, 2.45) is 0 Å². The third-order valence-electron chi connectivity index (χ3n) is 3.27. The highest BCUT2D eigenvalue weighted by Crippen LogP contribution is 2.27. The lowest BCUT2D eigenvalue weighted by Crippen LogP contribution is -2.36. The molecule has 0 aromatic heterocycles. The Hall–Kier alpha value is -2.28. The highest BCUT2D eigenvalue weighted by molar-refractivity contribution is 6.08. The van der Waals surface area contributed by atoms with E-state index in [1.807, 2.05) is 44.2 Å². The van der Waals surface area contributed by atoms with Gasteiger partial charge in [-0.15, -0.1) is 0 Å². The Balaban J connectivity index is 2.26. The van der Waals surface area contributed by atoms with Crippen molar-refractivity contribution < 1.29 is 4.79 Å². The maximum atomic E-state index is 12.5. The van der Waals surface area contributed by atoms with Gasteiger partial charge in [-0.3, -0.25) is 4.79 Å². The van der Waals surface area contributed by atoms with E-state index < -0.39 is 0 Å². The van der Waals surface area contributed by atoms with Crippen molar-refractivity contribution in [3.05, 3.63) is 41.6 Å². The van der Waals surface area contributed by atoms with Gasteiger partial charge in [0.15, 0.2) is 0 Å². The molecule has 1 amide bonds. The number of hydrogen-bond acceptors (Lipinski definition) is 3. The number of para-hydroxylation sites is 1. The summed E-state index contributed by atoms with van der Waals surface area (Å²) in [6.45, 7) is 4.59.